The Balaban J connectivity index is 1.64. The van der Waals surface area contributed by atoms with Crippen molar-refractivity contribution in [2.24, 2.45) is 5.92 Å². The van der Waals surface area contributed by atoms with Crippen LogP contribution in [0.5, 0.6) is 0 Å². The predicted molar refractivity (Wildman–Crippen MR) is 90.5 cm³/mol. The summed E-state index contributed by atoms with van der Waals surface area (Å²) in [6.07, 6.45) is 12.2. The maximum absolute atomic E-state index is 12.3. The summed E-state index contributed by atoms with van der Waals surface area (Å²) >= 11 is 0. The number of carbonyl (C=O) groups excluding carboxylic acids is 1. The summed E-state index contributed by atoms with van der Waals surface area (Å²) in [5.74, 6) is 0.269. The Kier molecular flexibility index (Phi) is 4.81. The fourth-order valence-electron chi connectivity index (χ4n) is 2.86. The third-order valence-corrected chi connectivity index (χ3v) is 4.30. The van der Waals surface area contributed by atoms with Gasteiger partial charge in [0, 0.05) is 23.9 Å². The molecule has 0 spiro atoms. The lowest BCUT2D eigenvalue weighted by molar-refractivity contribution is -0.125. The third-order valence-electron chi connectivity index (χ3n) is 4.30. The number of aromatic nitrogens is 2. The molecule has 1 heterocycles. The van der Waals surface area contributed by atoms with Crippen LogP contribution in [0.15, 0.2) is 55.1 Å². The average Bonchev–Trinajstić information content (AvgIpc) is 2.63. The molecule has 1 amide bonds. The number of rotatable bonds is 4. The summed E-state index contributed by atoms with van der Waals surface area (Å²) in [5.41, 5.74) is 3.17. The normalized spacial score (nSPS) is 18.4. The largest absolute Gasteiger partial charge is 0.349 e. The number of nitrogens with zero attached hydrogens (tertiary/aromatic N) is 2. The molecule has 1 aromatic carbocycles. The summed E-state index contributed by atoms with van der Waals surface area (Å²) in [6, 6.07) is 8.19. The lowest BCUT2D eigenvalue weighted by Crippen LogP contribution is -2.33. The summed E-state index contributed by atoms with van der Waals surface area (Å²) in [4.78, 5) is 20.4. The molecule has 1 aromatic heterocycles. The number of hydrogen-bond acceptors (Lipinski definition) is 3. The van der Waals surface area contributed by atoms with E-state index in [0.717, 1.165) is 36.0 Å². The highest BCUT2D eigenvalue weighted by atomic mass is 16.1. The summed E-state index contributed by atoms with van der Waals surface area (Å²) < 4.78 is 0. The van der Waals surface area contributed by atoms with Crippen molar-refractivity contribution in [3.05, 3.63) is 60.7 Å². The second kappa shape index (κ2) is 7.18. The zero-order valence-corrected chi connectivity index (χ0v) is 13.3. The Morgan fingerprint density at radius 3 is 2.52 bits per heavy atom. The first-order chi connectivity index (χ1) is 11.2. The van der Waals surface area contributed by atoms with Gasteiger partial charge in [-0.1, -0.05) is 36.4 Å². The molecule has 0 unspecified atom stereocenters. The number of allylic oxidation sites excluding steroid dienone is 2. The number of nitrogens with one attached hydrogen (secondary N) is 1. The van der Waals surface area contributed by atoms with E-state index in [4.69, 9.17) is 0 Å². The molecule has 3 rings (SSSR count). The standard InChI is InChI=1S/C19H21N3O/c1-14(22-19(23)17-5-3-2-4-6-17)15-7-9-16(10-8-15)18-11-20-13-21-12-18/h2-3,7-14,17H,4-6H2,1H3,(H,22,23)/t14-,17-/m0/s1. The van der Waals surface area contributed by atoms with Gasteiger partial charge in [-0.25, -0.2) is 9.97 Å². The zero-order chi connectivity index (χ0) is 16.1. The van der Waals surface area contributed by atoms with Crippen molar-refractivity contribution >= 4 is 5.91 Å². The van der Waals surface area contributed by atoms with E-state index < -0.39 is 0 Å². The first kappa shape index (κ1) is 15.4. The number of hydrogen-bond donors (Lipinski definition) is 1. The van der Waals surface area contributed by atoms with Gasteiger partial charge in [-0.15, -0.1) is 0 Å². The fraction of sp³-hybridized carbons (Fsp3) is 0.316. The van der Waals surface area contributed by atoms with Gasteiger partial charge in [0.2, 0.25) is 5.91 Å². The molecule has 23 heavy (non-hydrogen) atoms. The molecule has 0 saturated carbocycles. The van der Waals surface area contributed by atoms with Crippen LogP contribution in [-0.2, 0) is 4.79 Å². The Morgan fingerprint density at radius 1 is 1.13 bits per heavy atom. The van der Waals surface area contributed by atoms with Gasteiger partial charge in [0.1, 0.15) is 6.33 Å². The van der Waals surface area contributed by atoms with Gasteiger partial charge in [-0.2, -0.15) is 0 Å². The maximum atomic E-state index is 12.3. The van der Waals surface area contributed by atoms with Gasteiger partial charge in [0.15, 0.2) is 0 Å². The molecule has 2 atom stereocenters. The monoisotopic (exact) mass is 307 g/mol. The van der Waals surface area contributed by atoms with E-state index in [1.165, 1.54) is 6.33 Å². The van der Waals surface area contributed by atoms with Gasteiger partial charge in [-0.3, -0.25) is 4.79 Å². The van der Waals surface area contributed by atoms with Crippen molar-refractivity contribution in [1.29, 1.82) is 0 Å². The quantitative estimate of drug-likeness (QED) is 0.877. The van der Waals surface area contributed by atoms with Crippen molar-refractivity contribution in [3.63, 3.8) is 0 Å². The van der Waals surface area contributed by atoms with Crippen LogP contribution in [-0.4, -0.2) is 15.9 Å². The van der Waals surface area contributed by atoms with Crippen LogP contribution >= 0.6 is 0 Å². The molecule has 1 aliphatic rings. The lowest BCUT2D eigenvalue weighted by atomic mass is 9.93. The van der Waals surface area contributed by atoms with Crippen LogP contribution in [0.1, 0.15) is 37.8 Å². The van der Waals surface area contributed by atoms with Gasteiger partial charge in [0.25, 0.3) is 0 Å². The van der Waals surface area contributed by atoms with Crippen molar-refractivity contribution in [2.75, 3.05) is 0 Å². The van der Waals surface area contributed by atoms with Gasteiger partial charge in [-0.05, 0) is 37.3 Å². The molecular weight excluding hydrogens is 286 g/mol. The highest BCUT2D eigenvalue weighted by Gasteiger charge is 2.20. The van der Waals surface area contributed by atoms with Gasteiger partial charge < -0.3 is 5.32 Å². The molecular formula is C19H21N3O. The van der Waals surface area contributed by atoms with Crippen LogP contribution in [0.2, 0.25) is 0 Å². The summed E-state index contributed by atoms with van der Waals surface area (Å²) in [6.45, 7) is 2.03. The molecule has 0 fully saturated rings. The minimum absolute atomic E-state index is 0.00878. The summed E-state index contributed by atoms with van der Waals surface area (Å²) in [7, 11) is 0. The molecule has 1 N–H and O–H groups in total. The molecule has 2 aromatic rings. The molecule has 0 bridgehead atoms. The topological polar surface area (TPSA) is 54.9 Å². The van der Waals surface area contributed by atoms with E-state index in [0.29, 0.717) is 0 Å². The Morgan fingerprint density at radius 2 is 1.87 bits per heavy atom. The van der Waals surface area contributed by atoms with Crippen LogP contribution in [0, 0.1) is 5.92 Å². The van der Waals surface area contributed by atoms with Crippen molar-refractivity contribution in [2.45, 2.75) is 32.2 Å². The SMILES string of the molecule is C[C@H](NC(=O)[C@H]1CC=CCC1)c1ccc(-c2cncnc2)cc1. The Bertz CT molecular complexity index is 680. The van der Waals surface area contributed by atoms with Crippen molar-refractivity contribution < 1.29 is 4.79 Å². The van der Waals surface area contributed by atoms with Gasteiger partial charge in [0.05, 0.1) is 6.04 Å². The van der Waals surface area contributed by atoms with Crippen LogP contribution < -0.4 is 5.32 Å². The minimum Gasteiger partial charge on any atom is -0.349 e. The fourth-order valence-corrected chi connectivity index (χ4v) is 2.86. The van der Waals surface area contributed by atoms with Crippen molar-refractivity contribution in [1.82, 2.24) is 15.3 Å². The van der Waals surface area contributed by atoms with Crippen LogP contribution in [0.4, 0.5) is 0 Å². The maximum Gasteiger partial charge on any atom is 0.223 e. The average molecular weight is 307 g/mol. The first-order valence-electron chi connectivity index (χ1n) is 8.05. The smallest absolute Gasteiger partial charge is 0.223 e. The first-order valence-corrected chi connectivity index (χ1v) is 8.05. The molecule has 4 nitrogen and oxygen atoms in total. The number of benzene rings is 1. The van der Waals surface area contributed by atoms with Gasteiger partial charge >= 0.3 is 0 Å². The second-order valence-electron chi connectivity index (χ2n) is 5.96. The molecule has 4 heteroatoms. The second-order valence-corrected chi connectivity index (χ2v) is 5.96. The highest BCUT2D eigenvalue weighted by Crippen LogP contribution is 2.22. The van der Waals surface area contributed by atoms with E-state index >= 15 is 0 Å². The zero-order valence-electron chi connectivity index (χ0n) is 13.3. The van der Waals surface area contributed by atoms with Crippen LogP contribution in [0.25, 0.3) is 11.1 Å². The Labute approximate surface area is 136 Å². The molecule has 1 aliphatic carbocycles. The number of amides is 1. The third kappa shape index (κ3) is 3.83. The van der Waals surface area contributed by atoms with Crippen molar-refractivity contribution in [3.8, 4) is 11.1 Å². The highest BCUT2D eigenvalue weighted by molar-refractivity contribution is 5.79. The van der Waals surface area contributed by atoms with E-state index in [1.807, 2.05) is 31.2 Å². The van der Waals surface area contributed by atoms with E-state index in [-0.39, 0.29) is 17.9 Å². The minimum atomic E-state index is 0.00878. The molecule has 0 aliphatic heterocycles. The predicted octanol–water partition coefficient (Wildman–Crippen LogP) is 3.68. The summed E-state index contributed by atoms with van der Waals surface area (Å²) in [5, 5.41) is 3.13. The van der Waals surface area contributed by atoms with E-state index in [9.17, 15) is 4.79 Å². The van der Waals surface area contributed by atoms with E-state index in [2.05, 4.69) is 27.4 Å². The Hall–Kier alpha value is -2.49. The van der Waals surface area contributed by atoms with Crippen LogP contribution in [0.3, 0.4) is 0 Å². The molecule has 0 radical (unpaired) electrons. The molecule has 0 saturated heterocycles. The van der Waals surface area contributed by atoms with E-state index in [1.54, 1.807) is 12.4 Å². The number of carbonyl (C=O) groups is 1. The lowest BCUT2D eigenvalue weighted by Gasteiger charge is -2.21. The molecule has 118 valence electrons.